The number of unbranched alkanes of at least 4 members (excludes halogenated alkanes) is 9. The van der Waals surface area contributed by atoms with Crippen LogP contribution in [0.1, 0.15) is 71.1 Å². The average molecular weight is 359 g/mol. The van der Waals surface area contributed by atoms with Crippen LogP contribution in [0.3, 0.4) is 0 Å². The van der Waals surface area contributed by atoms with Crippen LogP contribution in [0.15, 0.2) is 0 Å². The fourth-order valence-electron chi connectivity index (χ4n) is 1.81. The van der Waals surface area contributed by atoms with Crippen LogP contribution in [0, 0.1) is 0 Å². The van der Waals surface area contributed by atoms with Crippen LogP contribution >= 0.6 is 25.6 Å². The molecule has 3 nitrogen and oxygen atoms in total. The van der Waals surface area contributed by atoms with Gasteiger partial charge < -0.3 is 4.74 Å². The van der Waals surface area contributed by atoms with Crippen LogP contribution in [0.2, 0.25) is 0 Å². The summed E-state index contributed by atoms with van der Waals surface area (Å²) in [5, 5.41) is 0. The summed E-state index contributed by atoms with van der Waals surface area (Å²) in [5.74, 6) is 0. The first-order valence-electron chi connectivity index (χ1n) is 7.03. The Hall–Kier alpha value is 0.593. The summed E-state index contributed by atoms with van der Waals surface area (Å²) < 4.78 is 5.77. The summed E-state index contributed by atoms with van der Waals surface area (Å²) in [6, 6.07) is 0. The van der Waals surface area contributed by atoms with Gasteiger partial charge in [0, 0.05) is 19.5 Å². The zero-order valence-corrected chi connectivity index (χ0v) is 16.9. The molecule has 19 heavy (non-hydrogen) atoms. The van der Waals surface area contributed by atoms with Crippen molar-refractivity contribution in [2.45, 2.75) is 71.1 Å². The number of carbonyl (C=O) groups is 1. The molecule has 0 saturated carbocycles. The summed E-state index contributed by atoms with van der Waals surface area (Å²) in [6.45, 7) is 2.71. The first-order chi connectivity index (χ1) is 8.68. The molecular formula is C13H27NO2S2Zn. The molecule has 0 aromatic rings. The van der Waals surface area contributed by atoms with E-state index in [1.54, 1.807) is 0 Å². The van der Waals surface area contributed by atoms with Gasteiger partial charge >= 0.3 is 6.09 Å². The van der Waals surface area contributed by atoms with Gasteiger partial charge in [-0.1, -0.05) is 64.7 Å². The topological polar surface area (TPSA) is 29.5 Å². The van der Waals surface area contributed by atoms with E-state index in [1.807, 2.05) is 0 Å². The van der Waals surface area contributed by atoms with E-state index in [4.69, 9.17) is 4.74 Å². The van der Waals surface area contributed by atoms with Gasteiger partial charge in [-0.15, -0.1) is 0 Å². The molecule has 0 aromatic carbocycles. The van der Waals surface area contributed by atoms with Gasteiger partial charge in [-0.3, -0.25) is 0 Å². The molecule has 0 heterocycles. The number of ether oxygens (including phenoxy) is 1. The van der Waals surface area contributed by atoms with Crippen LogP contribution in [0.5, 0.6) is 0 Å². The Morgan fingerprint density at radius 1 is 0.895 bits per heavy atom. The first kappa shape index (κ1) is 21.9. The van der Waals surface area contributed by atoms with Crippen molar-refractivity contribution in [3.63, 3.8) is 0 Å². The van der Waals surface area contributed by atoms with Gasteiger partial charge in [0.2, 0.25) is 0 Å². The summed E-state index contributed by atoms with van der Waals surface area (Å²) in [5.41, 5.74) is 0. The maximum Gasteiger partial charge on any atom is 0.429 e. The van der Waals surface area contributed by atoms with Crippen molar-refractivity contribution in [1.29, 1.82) is 0 Å². The second-order valence-electron chi connectivity index (χ2n) is 4.59. The van der Waals surface area contributed by atoms with Gasteiger partial charge in [-0.05, 0) is 32.1 Å². The van der Waals surface area contributed by atoms with Crippen LogP contribution in [0.4, 0.5) is 4.79 Å². The van der Waals surface area contributed by atoms with Crippen LogP contribution < -0.4 is 0 Å². The zero-order chi connectivity index (χ0) is 13.6. The predicted octanol–water partition coefficient (Wildman–Crippen LogP) is 5.03. The largest absolute Gasteiger partial charge is 0.448 e. The molecule has 0 spiro atoms. The minimum Gasteiger partial charge on any atom is -0.448 e. The Balaban J connectivity index is 0. The van der Waals surface area contributed by atoms with Crippen molar-refractivity contribution in [3.05, 3.63) is 0 Å². The van der Waals surface area contributed by atoms with E-state index in [1.165, 1.54) is 51.4 Å². The number of nitrogens with zero attached hydrogens (tertiary/aromatic N) is 1. The van der Waals surface area contributed by atoms with E-state index in [9.17, 15) is 4.79 Å². The second kappa shape index (κ2) is 16.6. The van der Waals surface area contributed by atoms with Gasteiger partial charge in [-0.25, -0.2) is 4.79 Å². The summed E-state index contributed by atoms with van der Waals surface area (Å²) >= 11 is 7.44. The molecule has 0 aliphatic rings. The second-order valence-corrected chi connectivity index (χ2v) is 5.70. The molecule has 1 amide bonds. The summed E-state index contributed by atoms with van der Waals surface area (Å²) in [4.78, 5) is 11.0. The van der Waals surface area contributed by atoms with Gasteiger partial charge in [0.1, 0.15) is 0 Å². The van der Waals surface area contributed by atoms with E-state index in [-0.39, 0.29) is 19.5 Å². The fourth-order valence-corrected chi connectivity index (χ4v) is 1.92. The van der Waals surface area contributed by atoms with E-state index in [0.717, 1.165) is 16.6 Å². The Labute approximate surface area is 142 Å². The Morgan fingerprint density at radius 3 is 1.74 bits per heavy atom. The predicted molar refractivity (Wildman–Crippen MR) is 83.0 cm³/mol. The Kier molecular flexibility index (Phi) is 19.2. The van der Waals surface area contributed by atoms with E-state index >= 15 is 0 Å². The number of amides is 1. The molecule has 0 saturated heterocycles. The Morgan fingerprint density at radius 2 is 1.32 bits per heavy atom. The molecule has 0 radical (unpaired) electrons. The maximum atomic E-state index is 11.0. The molecule has 0 unspecified atom stereocenters. The average Bonchev–Trinajstić information content (AvgIpc) is 2.35. The van der Waals surface area contributed by atoms with Crippen LogP contribution in [0.25, 0.3) is 0 Å². The molecule has 0 N–H and O–H groups in total. The van der Waals surface area contributed by atoms with Gasteiger partial charge in [0.25, 0.3) is 0 Å². The van der Waals surface area contributed by atoms with Crippen molar-refractivity contribution < 1.29 is 29.0 Å². The minimum absolute atomic E-state index is 0. The smallest absolute Gasteiger partial charge is 0.429 e. The third-order valence-corrected chi connectivity index (χ3v) is 3.21. The molecule has 0 aromatic heterocycles. The SMILES string of the molecule is CCCCCCCCCCCCOC(=O)N(S)S.[Zn]. The molecule has 0 aliphatic carbocycles. The Bertz CT molecular complexity index is 207. The van der Waals surface area contributed by atoms with Gasteiger partial charge in [0.05, 0.1) is 6.61 Å². The molecule has 0 atom stereocenters. The monoisotopic (exact) mass is 357 g/mol. The molecule has 0 aliphatic heterocycles. The van der Waals surface area contributed by atoms with Crippen molar-refractivity contribution in [2.24, 2.45) is 0 Å². The standard InChI is InChI=1S/C13H27NO2S2.Zn/c1-2-3-4-5-6-7-8-9-10-11-12-16-13(15)14(17)18;/h17-18H,2-12H2,1H3;. The van der Waals surface area contributed by atoms with Crippen LogP contribution in [-0.4, -0.2) is 16.4 Å². The number of carbonyl (C=O) groups excluding carboxylic acids is 1. The number of hydrogen-bond acceptors (Lipinski definition) is 4. The fraction of sp³-hybridized carbons (Fsp3) is 0.923. The van der Waals surface area contributed by atoms with E-state index < -0.39 is 6.09 Å². The first-order valence-corrected chi connectivity index (χ1v) is 7.83. The maximum absolute atomic E-state index is 11.0. The third kappa shape index (κ3) is 16.5. The molecule has 0 fully saturated rings. The molecule has 0 rings (SSSR count). The quantitative estimate of drug-likeness (QED) is 0.308. The number of rotatable bonds is 11. The molecule has 0 bridgehead atoms. The van der Waals surface area contributed by atoms with Gasteiger partial charge in [-0.2, -0.15) is 3.71 Å². The minimum atomic E-state index is -0.502. The molecular weight excluding hydrogens is 332 g/mol. The van der Waals surface area contributed by atoms with Crippen molar-refractivity contribution >= 4 is 31.7 Å². The molecule has 6 heteroatoms. The number of thiol groups is 2. The normalized spacial score (nSPS) is 9.84. The summed E-state index contributed by atoms with van der Waals surface area (Å²) in [6.07, 6.45) is 12.2. The summed E-state index contributed by atoms with van der Waals surface area (Å²) in [7, 11) is 0. The van der Waals surface area contributed by atoms with Crippen molar-refractivity contribution in [2.75, 3.05) is 6.61 Å². The van der Waals surface area contributed by atoms with E-state index in [2.05, 4.69) is 32.6 Å². The van der Waals surface area contributed by atoms with Crippen molar-refractivity contribution in [3.8, 4) is 0 Å². The number of hydrogen-bond donors (Lipinski definition) is 2. The van der Waals surface area contributed by atoms with Crippen molar-refractivity contribution in [1.82, 2.24) is 3.71 Å². The van der Waals surface area contributed by atoms with Crippen LogP contribution in [-0.2, 0) is 24.2 Å². The van der Waals surface area contributed by atoms with E-state index in [0.29, 0.717) is 6.61 Å². The third-order valence-electron chi connectivity index (χ3n) is 2.89. The molecule has 110 valence electrons. The van der Waals surface area contributed by atoms with Gasteiger partial charge in [0.15, 0.2) is 0 Å². The zero-order valence-electron chi connectivity index (χ0n) is 12.1.